The van der Waals surface area contributed by atoms with Gasteiger partial charge in [0.2, 0.25) is 0 Å². The number of nitrogens with one attached hydrogen (secondary N) is 1. The van der Waals surface area contributed by atoms with Gasteiger partial charge in [-0.3, -0.25) is 4.68 Å². The number of nitrogens with zero attached hydrogens (tertiary/aromatic N) is 3. The van der Waals surface area contributed by atoms with E-state index < -0.39 is 0 Å². The molecule has 1 N–H and O–H groups in total. The molecule has 2 rings (SSSR count). The molecule has 6 heteroatoms. The Labute approximate surface area is 111 Å². The minimum atomic E-state index is 0.0647. The first-order chi connectivity index (χ1) is 8.72. The molecule has 0 radical (unpaired) electrons. The lowest BCUT2D eigenvalue weighted by molar-refractivity contribution is 0.401. The minimum absolute atomic E-state index is 0.0647. The van der Waals surface area contributed by atoms with Gasteiger partial charge in [0.25, 0.3) is 0 Å². The summed E-state index contributed by atoms with van der Waals surface area (Å²) in [6.07, 6.45) is 1.76. The molecule has 0 saturated carbocycles. The zero-order valence-electron chi connectivity index (χ0n) is 11.1. The van der Waals surface area contributed by atoms with Gasteiger partial charge in [-0.05, 0) is 20.9 Å². The predicted octanol–water partition coefficient (Wildman–Crippen LogP) is 1.99. The number of aryl methyl sites for hydroxylation is 2. The Morgan fingerprint density at radius 3 is 2.83 bits per heavy atom. The summed E-state index contributed by atoms with van der Waals surface area (Å²) in [6, 6.07) is 0.0647. The Morgan fingerprint density at radius 2 is 2.33 bits per heavy atom. The molecule has 98 valence electrons. The van der Waals surface area contributed by atoms with Crippen molar-refractivity contribution in [1.82, 2.24) is 20.1 Å². The first kappa shape index (κ1) is 13.0. The lowest BCUT2D eigenvalue weighted by atomic mass is 10.1. The van der Waals surface area contributed by atoms with Crippen LogP contribution in [0.25, 0.3) is 0 Å². The summed E-state index contributed by atoms with van der Waals surface area (Å²) in [5.41, 5.74) is 3.97. The third-order valence-corrected chi connectivity index (χ3v) is 3.97. The number of aromatic nitrogens is 3. The number of hydrogen-bond donors (Lipinski definition) is 1. The van der Waals surface area contributed by atoms with Crippen LogP contribution in [0.1, 0.15) is 29.2 Å². The van der Waals surface area contributed by atoms with Crippen LogP contribution in [0.5, 0.6) is 5.75 Å². The number of rotatable bonds is 5. The van der Waals surface area contributed by atoms with Crippen LogP contribution in [0.15, 0.2) is 11.7 Å². The Morgan fingerprint density at radius 1 is 1.56 bits per heavy atom. The van der Waals surface area contributed by atoms with E-state index in [-0.39, 0.29) is 6.04 Å². The predicted molar refractivity (Wildman–Crippen MR) is 72.2 cm³/mol. The van der Waals surface area contributed by atoms with Crippen molar-refractivity contribution in [1.29, 1.82) is 0 Å². The molecular weight excluding hydrogens is 248 g/mol. The molecule has 1 unspecified atom stereocenters. The summed E-state index contributed by atoms with van der Waals surface area (Å²) in [6.45, 7) is 4.91. The summed E-state index contributed by atoms with van der Waals surface area (Å²) < 4.78 is 7.37. The molecule has 0 aliphatic heterocycles. The van der Waals surface area contributed by atoms with Crippen LogP contribution in [0, 0.1) is 6.92 Å². The van der Waals surface area contributed by atoms with E-state index in [1.807, 2.05) is 24.2 Å². The summed E-state index contributed by atoms with van der Waals surface area (Å²) >= 11 is 1.65. The Hall–Kier alpha value is -1.40. The smallest absolute Gasteiger partial charge is 0.161 e. The van der Waals surface area contributed by atoms with Crippen molar-refractivity contribution in [3.8, 4) is 5.75 Å². The van der Waals surface area contributed by atoms with Crippen molar-refractivity contribution >= 4 is 11.3 Å². The van der Waals surface area contributed by atoms with Gasteiger partial charge in [0, 0.05) is 6.54 Å². The van der Waals surface area contributed by atoms with Gasteiger partial charge >= 0.3 is 0 Å². The Balaban J connectivity index is 2.50. The molecule has 0 fully saturated rings. The van der Waals surface area contributed by atoms with E-state index in [2.05, 4.69) is 22.3 Å². The van der Waals surface area contributed by atoms with Gasteiger partial charge in [-0.2, -0.15) is 5.10 Å². The van der Waals surface area contributed by atoms with Gasteiger partial charge < -0.3 is 10.1 Å². The van der Waals surface area contributed by atoms with E-state index in [1.54, 1.807) is 24.6 Å². The molecule has 2 heterocycles. The number of hydrogen-bond acceptors (Lipinski definition) is 5. The van der Waals surface area contributed by atoms with Crippen molar-refractivity contribution in [2.24, 2.45) is 0 Å². The van der Waals surface area contributed by atoms with Crippen LogP contribution >= 0.6 is 11.3 Å². The monoisotopic (exact) mass is 266 g/mol. The molecule has 18 heavy (non-hydrogen) atoms. The summed E-state index contributed by atoms with van der Waals surface area (Å²) in [5, 5.41) is 7.68. The van der Waals surface area contributed by atoms with Crippen LogP contribution in [0.2, 0.25) is 0 Å². The second-order valence-electron chi connectivity index (χ2n) is 3.94. The molecule has 0 amide bonds. The minimum Gasteiger partial charge on any atom is -0.493 e. The van der Waals surface area contributed by atoms with Crippen molar-refractivity contribution < 1.29 is 4.74 Å². The van der Waals surface area contributed by atoms with Crippen LogP contribution in [-0.2, 0) is 6.54 Å². The van der Waals surface area contributed by atoms with E-state index in [0.29, 0.717) is 0 Å². The molecule has 0 aliphatic carbocycles. The number of thiazole rings is 1. The standard InChI is InChI=1S/C12H18N4OS/c1-5-16-11(9(17-4)6-15-16)10(13-3)12-8(2)14-7-18-12/h6-7,10,13H,5H2,1-4H3. The maximum atomic E-state index is 5.41. The van der Waals surface area contributed by atoms with E-state index in [1.165, 1.54) is 4.88 Å². The Kier molecular flexibility index (Phi) is 3.98. The SMILES string of the molecule is CCn1ncc(OC)c1C(NC)c1scnc1C. The van der Waals surface area contributed by atoms with Crippen LogP contribution in [0.3, 0.4) is 0 Å². The first-order valence-electron chi connectivity index (χ1n) is 5.89. The molecular formula is C12H18N4OS. The van der Waals surface area contributed by atoms with Gasteiger partial charge in [-0.25, -0.2) is 4.98 Å². The quantitative estimate of drug-likeness (QED) is 0.899. The van der Waals surface area contributed by atoms with Gasteiger partial charge in [-0.1, -0.05) is 0 Å². The van der Waals surface area contributed by atoms with Gasteiger partial charge in [-0.15, -0.1) is 11.3 Å². The molecule has 2 aromatic heterocycles. The van der Waals surface area contributed by atoms with E-state index in [9.17, 15) is 0 Å². The highest BCUT2D eigenvalue weighted by molar-refractivity contribution is 7.09. The lowest BCUT2D eigenvalue weighted by Crippen LogP contribution is -2.22. The fraction of sp³-hybridized carbons (Fsp3) is 0.500. The number of methoxy groups -OCH3 is 1. The van der Waals surface area contributed by atoms with Crippen molar-refractivity contribution in [2.75, 3.05) is 14.2 Å². The molecule has 0 saturated heterocycles. The molecule has 0 bridgehead atoms. The molecule has 0 aliphatic rings. The molecule has 0 spiro atoms. The van der Waals surface area contributed by atoms with E-state index in [0.717, 1.165) is 23.7 Å². The topological polar surface area (TPSA) is 52.0 Å². The lowest BCUT2D eigenvalue weighted by Gasteiger charge is -2.18. The van der Waals surface area contributed by atoms with Crippen molar-refractivity contribution in [2.45, 2.75) is 26.4 Å². The average molecular weight is 266 g/mol. The highest BCUT2D eigenvalue weighted by atomic mass is 32.1. The van der Waals surface area contributed by atoms with Crippen LogP contribution in [-0.4, -0.2) is 28.9 Å². The third-order valence-electron chi connectivity index (χ3n) is 2.97. The molecule has 1 atom stereocenters. The summed E-state index contributed by atoms with van der Waals surface area (Å²) in [5.74, 6) is 0.809. The van der Waals surface area contributed by atoms with E-state index >= 15 is 0 Å². The fourth-order valence-electron chi connectivity index (χ4n) is 2.06. The van der Waals surface area contributed by atoms with Crippen LogP contribution < -0.4 is 10.1 Å². The third kappa shape index (κ3) is 2.13. The van der Waals surface area contributed by atoms with Crippen LogP contribution in [0.4, 0.5) is 0 Å². The largest absolute Gasteiger partial charge is 0.493 e. The molecule has 2 aromatic rings. The average Bonchev–Trinajstić information content (AvgIpc) is 2.98. The maximum absolute atomic E-state index is 5.41. The van der Waals surface area contributed by atoms with Crippen molar-refractivity contribution in [3.05, 3.63) is 28.0 Å². The number of ether oxygens (including phenoxy) is 1. The Bertz CT molecular complexity index is 498. The normalized spacial score (nSPS) is 12.7. The highest BCUT2D eigenvalue weighted by Gasteiger charge is 2.24. The van der Waals surface area contributed by atoms with Crippen molar-refractivity contribution in [3.63, 3.8) is 0 Å². The summed E-state index contributed by atoms with van der Waals surface area (Å²) in [4.78, 5) is 5.51. The second kappa shape index (κ2) is 5.49. The first-order valence-corrected chi connectivity index (χ1v) is 6.77. The van der Waals surface area contributed by atoms with Gasteiger partial charge in [0.15, 0.2) is 5.75 Å². The summed E-state index contributed by atoms with van der Waals surface area (Å²) in [7, 11) is 3.61. The second-order valence-corrected chi connectivity index (χ2v) is 4.82. The molecule has 5 nitrogen and oxygen atoms in total. The highest BCUT2D eigenvalue weighted by Crippen LogP contribution is 2.33. The van der Waals surface area contributed by atoms with E-state index in [4.69, 9.17) is 4.74 Å². The van der Waals surface area contributed by atoms with Gasteiger partial charge in [0.1, 0.15) is 5.69 Å². The fourth-order valence-corrected chi connectivity index (χ4v) is 2.97. The zero-order chi connectivity index (χ0) is 13.1. The van der Waals surface area contributed by atoms with Gasteiger partial charge in [0.05, 0.1) is 35.4 Å². The maximum Gasteiger partial charge on any atom is 0.161 e. The zero-order valence-corrected chi connectivity index (χ0v) is 11.9. The molecule has 0 aromatic carbocycles.